The summed E-state index contributed by atoms with van der Waals surface area (Å²) in [5.74, 6) is 1.27. The number of hydrogen-bond donors (Lipinski definition) is 0. The van der Waals surface area contributed by atoms with Crippen LogP contribution in [0.2, 0.25) is 0 Å². The maximum atomic E-state index is 12.9. The van der Waals surface area contributed by atoms with Crippen molar-refractivity contribution in [2.45, 2.75) is 58.8 Å². The lowest BCUT2D eigenvalue weighted by Crippen LogP contribution is -2.57. The molecule has 10 heteroatoms. The molecule has 0 radical (unpaired) electrons. The van der Waals surface area contributed by atoms with Crippen molar-refractivity contribution in [1.82, 2.24) is 23.7 Å². The standard InChI is InChI=1S/C17H31N5O4S/c1-13-10-22(11-14(2)25-13)27(23,24)21-8-6-20(7-9-21)12-15-18-16(26-19-15)17(3,4)5/h13-14H,6-12H2,1-5H3/t13-,14-/m0/s1. The van der Waals surface area contributed by atoms with Gasteiger partial charge in [-0.3, -0.25) is 4.90 Å². The Balaban J connectivity index is 1.56. The van der Waals surface area contributed by atoms with Gasteiger partial charge < -0.3 is 9.26 Å². The molecule has 1 aromatic heterocycles. The molecule has 0 bridgehead atoms. The number of morpholine rings is 1. The molecule has 2 atom stereocenters. The van der Waals surface area contributed by atoms with Crippen molar-refractivity contribution >= 4 is 10.2 Å². The number of aromatic nitrogens is 2. The second-order valence-corrected chi connectivity index (χ2v) is 10.5. The van der Waals surface area contributed by atoms with Gasteiger partial charge in [0.1, 0.15) is 0 Å². The number of nitrogens with zero attached hydrogens (tertiary/aromatic N) is 5. The zero-order valence-electron chi connectivity index (χ0n) is 16.9. The van der Waals surface area contributed by atoms with E-state index in [-0.39, 0.29) is 17.6 Å². The first-order chi connectivity index (χ1) is 12.6. The summed E-state index contributed by atoms with van der Waals surface area (Å²) in [5, 5.41) is 4.05. The lowest BCUT2D eigenvalue weighted by Gasteiger charge is -2.40. The molecule has 2 fully saturated rings. The normalized spacial score (nSPS) is 27.1. The fourth-order valence-corrected chi connectivity index (χ4v) is 5.17. The number of hydrogen-bond acceptors (Lipinski definition) is 7. The second kappa shape index (κ2) is 7.75. The summed E-state index contributed by atoms with van der Waals surface area (Å²) in [6, 6.07) is 0. The molecule has 27 heavy (non-hydrogen) atoms. The second-order valence-electron chi connectivity index (χ2n) is 8.52. The summed E-state index contributed by atoms with van der Waals surface area (Å²) in [4.78, 5) is 6.62. The summed E-state index contributed by atoms with van der Waals surface area (Å²) in [6.45, 7) is 13.5. The largest absolute Gasteiger partial charge is 0.373 e. The quantitative estimate of drug-likeness (QED) is 0.738. The third-order valence-electron chi connectivity index (χ3n) is 4.84. The van der Waals surface area contributed by atoms with Crippen molar-refractivity contribution in [2.75, 3.05) is 39.3 Å². The van der Waals surface area contributed by atoms with Gasteiger partial charge in [-0.15, -0.1) is 0 Å². The van der Waals surface area contributed by atoms with Crippen LogP contribution >= 0.6 is 0 Å². The van der Waals surface area contributed by atoms with E-state index >= 15 is 0 Å². The van der Waals surface area contributed by atoms with Gasteiger partial charge in [0.15, 0.2) is 5.82 Å². The molecule has 2 saturated heterocycles. The minimum atomic E-state index is -3.45. The Kier molecular flexibility index (Phi) is 5.93. The van der Waals surface area contributed by atoms with Crippen molar-refractivity contribution in [2.24, 2.45) is 0 Å². The fourth-order valence-electron chi connectivity index (χ4n) is 3.42. The fraction of sp³-hybridized carbons (Fsp3) is 0.882. The van der Waals surface area contributed by atoms with E-state index in [1.54, 1.807) is 8.61 Å². The van der Waals surface area contributed by atoms with Crippen LogP contribution in [0.4, 0.5) is 0 Å². The lowest BCUT2D eigenvalue weighted by atomic mass is 9.97. The summed E-state index contributed by atoms with van der Waals surface area (Å²) >= 11 is 0. The smallest absolute Gasteiger partial charge is 0.282 e. The third-order valence-corrected chi connectivity index (χ3v) is 6.81. The van der Waals surface area contributed by atoms with Gasteiger partial charge in [-0.25, -0.2) is 0 Å². The summed E-state index contributed by atoms with van der Waals surface area (Å²) in [7, 11) is -3.45. The maximum absolute atomic E-state index is 12.9. The van der Waals surface area contributed by atoms with Crippen LogP contribution in [0.5, 0.6) is 0 Å². The molecule has 0 saturated carbocycles. The van der Waals surface area contributed by atoms with Gasteiger partial charge in [0.2, 0.25) is 5.89 Å². The van der Waals surface area contributed by atoms with Gasteiger partial charge in [-0.2, -0.15) is 22.0 Å². The van der Waals surface area contributed by atoms with Crippen LogP contribution in [0.1, 0.15) is 46.3 Å². The van der Waals surface area contributed by atoms with Crippen LogP contribution in [0.25, 0.3) is 0 Å². The van der Waals surface area contributed by atoms with Crippen molar-refractivity contribution in [3.8, 4) is 0 Å². The molecule has 9 nitrogen and oxygen atoms in total. The number of rotatable bonds is 4. The van der Waals surface area contributed by atoms with E-state index in [2.05, 4.69) is 15.0 Å². The Bertz CT molecular complexity index is 727. The van der Waals surface area contributed by atoms with Crippen molar-refractivity contribution in [1.29, 1.82) is 0 Å². The lowest BCUT2D eigenvalue weighted by molar-refractivity contribution is -0.0457. The molecule has 3 heterocycles. The molecular weight excluding hydrogens is 370 g/mol. The zero-order valence-corrected chi connectivity index (χ0v) is 17.7. The number of piperazine rings is 1. The van der Waals surface area contributed by atoms with E-state index in [4.69, 9.17) is 9.26 Å². The minimum Gasteiger partial charge on any atom is -0.373 e. The van der Waals surface area contributed by atoms with E-state index < -0.39 is 10.2 Å². The maximum Gasteiger partial charge on any atom is 0.282 e. The van der Waals surface area contributed by atoms with Gasteiger partial charge in [-0.05, 0) is 13.8 Å². The summed E-state index contributed by atoms with van der Waals surface area (Å²) in [6.07, 6.45) is -0.167. The Labute approximate surface area is 161 Å². The van der Waals surface area contributed by atoms with Crippen LogP contribution in [-0.2, 0) is 26.9 Å². The summed E-state index contributed by atoms with van der Waals surface area (Å²) < 4.78 is 40.0. The molecule has 2 aliphatic rings. The van der Waals surface area contributed by atoms with Crippen molar-refractivity contribution in [3.05, 3.63) is 11.7 Å². The predicted molar refractivity (Wildman–Crippen MR) is 100 cm³/mol. The highest BCUT2D eigenvalue weighted by Crippen LogP contribution is 2.21. The SMILES string of the molecule is C[C@H]1CN(S(=O)(=O)N2CCN(Cc3noc(C(C)(C)C)n3)CC2)C[C@H](C)O1. The zero-order chi connectivity index (χ0) is 19.8. The van der Waals surface area contributed by atoms with E-state index in [0.717, 1.165) is 0 Å². The third kappa shape index (κ3) is 4.86. The molecule has 1 aromatic rings. The van der Waals surface area contributed by atoms with Crippen LogP contribution in [0, 0.1) is 0 Å². The molecular formula is C17H31N5O4S. The van der Waals surface area contributed by atoms with Crippen LogP contribution in [0.15, 0.2) is 4.52 Å². The molecule has 0 spiro atoms. The van der Waals surface area contributed by atoms with E-state index in [0.29, 0.717) is 57.5 Å². The molecule has 2 aliphatic heterocycles. The first-order valence-corrected chi connectivity index (χ1v) is 10.9. The van der Waals surface area contributed by atoms with Crippen LogP contribution in [0.3, 0.4) is 0 Å². The predicted octanol–water partition coefficient (Wildman–Crippen LogP) is 0.839. The van der Waals surface area contributed by atoms with Gasteiger partial charge in [-0.1, -0.05) is 25.9 Å². The van der Waals surface area contributed by atoms with Gasteiger partial charge in [0.05, 0.1) is 18.8 Å². The highest BCUT2D eigenvalue weighted by atomic mass is 32.2. The Morgan fingerprint density at radius 3 is 2.15 bits per heavy atom. The molecule has 3 rings (SSSR count). The van der Waals surface area contributed by atoms with Gasteiger partial charge >= 0.3 is 0 Å². The average molecular weight is 402 g/mol. The highest BCUT2D eigenvalue weighted by Gasteiger charge is 2.36. The van der Waals surface area contributed by atoms with E-state index in [1.807, 2.05) is 34.6 Å². The van der Waals surface area contributed by atoms with Crippen LogP contribution in [-0.4, -0.2) is 83.5 Å². The van der Waals surface area contributed by atoms with E-state index in [1.165, 1.54) is 0 Å². The average Bonchev–Trinajstić information content (AvgIpc) is 3.03. The first kappa shape index (κ1) is 20.7. The van der Waals surface area contributed by atoms with E-state index in [9.17, 15) is 8.42 Å². The Morgan fingerprint density at radius 2 is 1.63 bits per heavy atom. The monoisotopic (exact) mass is 401 g/mol. The molecule has 0 amide bonds. The van der Waals surface area contributed by atoms with Crippen molar-refractivity contribution < 1.29 is 17.7 Å². The molecule has 0 aliphatic carbocycles. The Morgan fingerprint density at radius 1 is 1.04 bits per heavy atom. The minimum absolute atomic E-state index is 0.0833. The molecule has 0 unspecified atom stereocenters. The van der Waals surface area contributed by atoms with Crippen LogP contribution < -0.4 is 0 Å². The highest BCUT2D eigenvalue weighted by molar-refractivity contribution is 7.86. The van der Waals surface area contributed by atoms with Gasteiger partial charge in [0, 0.05) is 44.7 Å². The Hall–Kier alpha value is -1.07. The molecule has 0 N–H and O–H groups in total. The van der Waals surface area contributed by atoms with Gasteiger partial charge in [0.25, 0.3) is 10.2 Å². The number of ether oxygens (including phenoxy) is 1. The topological polar surface area (TPSA) is 92.0 Å². The molecule has 0 aromatic carbocycles. The first-order valence-electron chi connectivity index (χ1n) is 9.52. The molecule has 154 valence electrons. The summed E-state index contributed by atoms with van der Waals surface area (Å²) in [5.41, 5.74) is -0.176. The van der Waals surface area contributed by atoms with Crippen molar-refractivity contribution in [3.63, 3.8) is 0 Å².